The van der Waals surface area contributed by atoms with E-state index in [0.29, 0.717) is 0 Å². The summed E-state index contributed by atoms with van der Waals surface area (Å²) in [5, 5.41) is 10.3. The second-order valence-corrected chi connectivity index (χ2v) is 3.93. The van der Waals surface area contributed by atoms with Gasteiger partial charge in [-0.3, -0.25) is 0 Å². The van der Waals surface area contributed by atoms with Crippen molar-refractivity contribution >= 4 is 23.4 Å². The van der Waals surface area contributed by atoms with Crippen molar-refractivity contribution in [2.45, 2.75) is 20.0 Å². The van der Waals surface area contributed by atoms with Crippen LogP contribution in [0.4, 0.5) is 0 Å². The molecule has 0 spiro atoms. The molecule has 0 aliphatic rings. The minimum absolute atomic E-state index is 0.0987. The van der Waals surface area contributed by atoms with Crippen LogP contribution in [0.2, 0.25) is 0 Å². The molecule has 0 saturated carbocycles. The number of aliphatic carboxylic acids is 1. The van der Waals surface area contributed by atoms with E-state index in [9.17, 15) is 4.79 Å². The minimum atomic E-state index is -0.950. The zero-order valence-electron chi connectivity index (χ0n) is 8.06. The van der Waals surface area contributed by atoms with Gasteiger partial charge in [-0.2, -0.15) is 0 Å². The largest absolute Gasteiger partial charge is 0.490 e. The summed E-state index contributed by atoms with van der Waals surface area (Å²) in [6.07, 6.45) is 2.76. The molecule has 76 valence electrons. The van der Waals surface area contributed by atoms with Gasteiger partial charge in [-0.25, -0.2) is 4.79 Å². The van der Waals surface area contributed by atoms with Crippen LogP contribution in [0.15, 0.2) is 17.5 Å². The number of carboxylic acids is 1. The summed E-state index contributed by atoms with van der Waals surface area (Å²) < 4.78 is 5.48. The van der Waals surface area contributed by atoms with E-state index in [1.807, 2.05) is 25.3 Å². The average molecular weight is 212 g/mol. The van der Waals surface area contributed by atoms with Crippen molar-refractivity contribution in [2.24, 2.45) is 0 Å². The summed E-state index contributed by atoms with van der Waals surface area (Å²) in [6, 6.07) is 1.84. The van der Waals surface area contributed by atoms with Crippen LogP contribution in [-0.4, -0.2) is 17.2 Å². The molecule has 0 atom stereocenters. The van der Waals surface area contributed by atoms with Crippen molar-refractivity contribution in [3.05, 3.63) is 22.4 Å². The van der Waals surface area contributed by atoms with Crippen molar-refractivity contribution in [1.82, 2.24) is 0 Å². The Balaban J connectivity index is 2.77. The number of hydrogen-bond acceptors (Lipinski definition) is 3. The third-order valence-electron chi connectivity index (χ3n) is 1.40. The van der Waals surface area contributed by atoms with E-state index in [0.717, 1.165) is 16.7 Å². The molecular formula is C10H12O3S. The molecule has 0 aliphatic carbocycles. The van der Waals surface area contributed by atoms with Gasteiger partial charge in [0.05, 0.1) is 11.0 Å². The molecule has 0 fully saturated rings. The van der Waals surface area contributed by atoms with Gasteiger partial charge in [0, 0.05) is 6.08 Å². The topological polar surface area (TPSA) is 46.5 Å². The van der Waals surface area contributed by atoms with Gasteiger partial charge in [0.2, 0.25) is 0 Å². The highest BCUT2D eigenvalue weighted by atomic mass is 32.1. The van der Waals surface area contributed by atoms with Gasteiger partial charge >= 0.3 is 5.97 Å². The molecule has 4 heteroatoms. The highest BCUT2D eigenvalue weighted by Crippen LogP contribution is 2.26. The van der Waals surface area contributed by atoms with Crippen LogP contribution in [0.25, 0.3) is 6.08 Å². The zero-order valence-corrected chi connectivity index (χ0v) is 8.88. The summed E-state index contributed by atoms with van der Waals surface area (Å²) in [6.45, 7) is 3.87. The summed E-state index contributed by atoms with van der Waals surface area (Å²) in [5.41, 5.74) is 0. The summed E-state index contributed by atoms with van der Waals surface area (Å²) >= 11 is 1.46. The number of rotatable bonds is 4. The molecular weight excluding hydrogens is 200 g/mol. The van der Waals surface area contributed by atoms with Crippen molar-refractivity contribution in [1.29, 1.82) is 0 Å². The molecule has 1 heterocycles. The number of thiophene rings is 1. The maximum Gasteiger partial charge on any atom is 0.328 e. The van der Waals surface area contributed by atoms with Gasteiger partial charge in [0.1, 0.15) is 5.75 Å². The van der Waals surface area contributed by atoms with Gasteiger partial charge in [-0.1, -0.05) is 0 Å². The van der Waals surface area contributed by atoms with E-state index in [4.69, 9.17) is 9.84 Å². The Morgan fingerprint density at radius 3 is 2.93 bits per heavy atom. The van der Waals surface area contributed by atoms with Crippen LogP contribution >= 0.6 is 11.3 Å². The van der Waals surface area contributed by atoms with Crippen LogP contribution in [0.5, 0.6) is 5.75 Å². The predicted octanol–water partition coefficient (Wildman–Crippen LogP) is 2.63. The maximum absolute atomic E-state index is 10.3. The molecule has 0 saturated heterocycles. The molecule has 0 aliphatic heterocycles. The molecule has 0 unspecified atom stereocenters. The Bertz CT molecular complexity index is 339. The van der Waals surface area contributed by atoms with Crippen molar-refractivity contribution < 1.29 is 14.6 Å². The van der Waals surface area contributed by atoms with Crippen molar-refractivity contribution in [2.75, 3.05) is 0 Å². The van der Waals surface area contributed by atoms with E-state index in [2.05, 4.69) is 0 Å². The number of ether oxygens (including phenoxy) is 1. The summed E-state index contributed by atoms with van der Waals surface area (Å²) in [4.78, 5) is 11.1. The molecule has 0 amide bonds. The third kappa shape index (κ3) is 3.22. The lowest BCUT2D eigenvalue weighted by atomic mass is 10.3. The fourth-order valence-electron chi connectivity index (χ4n) is 0.929. The van der Waals surface area contributed by atoms with Crippen LogP contribution in [0.3, 0.4) is 0 Å². The van der Waals surface area contributed by atoms with E-state index in [1.54, 1.807) is 6.08 Å². The van der Waals surface area contributed by atoms with E-state index >= 15 is 0 Å². The Hall–Kier alpha value is -1.29. The summed E-state index contributed by atoms with van der Waals surface area (Å²) in [7, 11) is 0. The fraction of sp³-hybridized carbons (Fsp3) is 0.300. The zero-order chi connectivity index (χ0) is 10.6. The van der Waals surface area contributed by atoms with Crippen molar-refractivity contribution in [3.63, 3.8) is 0 Å². The predicted molar refractivity (Wildman–Crippen MR) is 56.8 cm³/mol. The lowest BCUT2D eigenvalue weighted by Crippen LogP contribution is -2.05. The van der Waals surface area contributed by atoms with Gasteiger partial charge in [0.25, 0.3) is 0 Å². The first-order valence-electron chi connectivity index (χ1n) is 4.24. The second-order valence-electron chi connectivity index (χ2n) is 2.99. The average Bonchev–Trinajstić information content (AvgIpc) is 2.47. The Morgan fingerprint density at radius 1 is 1.64 bits per heavy atom. The fourth-order valence-corrected chi connectivity index (χ4v) is 1.65. The third-order valence-corrected chi connectivity index (χ3v) is 2.26. The molecule has 0 aromatic carbocycles. The Kier molecular flexibility index (Phi) is 3.71. The van der Waals surface area contributed by atoms with Crippen LogP contribution < -0.4 is 4.74 Å². The Morgan fingerprint density at radius 2 is 2.36 bits per heavy atom. The molecule has 1 aromatic rings. The van der Waals surface area contributed by atoms with E-state index < -0.39 is 5.97 Å². The lowest BCUT2D eigenvalue weighted by Gasteiger charge is -2.08. The molecule has 0 radical (unpaired) electrons. The number of carbonyl (C=O) groups is 1. The standard InChI is InChI=1S/C10H12O3S/c1-7(2)13-8-5-6-14-9(8)3-4-10(11)12/h3-7H,1-2H3,(H,11,12)/b4-3+. The van der Waals surface area contributed by atoms with Crippen LogP contribution in [-0.2, 0) is 4.79 Å². The van der Waals surface area contributed by atoms with Gasteiger partial charge in [-0.15, -0.1) is 11.3 Å². The molecule has 1 N–H and O–H groups in total. The van der Waals surface area contributed by atoms with Crippen LogP contribution in [0.1, 0.15) is 18.7 Å². The first kappa shape index (κ1) is 10.8. The van der Waals surface area contributed by atoms with Crippen LogP contribution in [0, 0.1) is 0 Å². The van der Waals surface area contributed by atoms with Gasteiger partial charge in [0.15, 0.2) is 0 Å². The number of carboxylic acid groups (broad SMARTS) is 1. The normalized spacial score (nSPS) is 11.1. The van der Waals surface area contributed by atoms with Gasteiger partial charge in [-0.05, 0) is 31.4 Å². The highest BCUT2D eigenvalue weighted by Gasteiger charge is 2.04. The van der Waals surface area contributed by atoms with E-state index in [-0.39, 0.29) is 6.10 Å². The quantitative estimate of drug-likeness (QED) is 0.780. The Labute approximate surface area is 86.6 Å². The summed E-state index contributed by atoms with van der Waals surface area (Å²) in [5.74, 6) is -0.212. The van der Waals surface area contributed by atoms with Crippen molar-refractivity contribution in [3.8, 4) is 5.75 Å². The molecule has 0 bridgehead atoms. The monoisotopic (exact) mass is 212 g/mol. The van der Waals surface area contributed by atoms with E-state index in [1.165, 1.54) is 11.3 Å². The first-order chi connectivity index (χ1) is 6.59. The molecule has 14 heavy (non-hydrogen) atoms. The van der Waals surface area contributed by atoms with Gasteiger partial charge < -0.3 is 9.84 Å². The smallest absolute Gasteiger partial charge is 0.328 e. The maximum atomic E-state index is 10.3. The molecule has 1 rings (SSSR count). The minimum Gasteiger partial charge on any atom is -0.490 e. The molecule has 1 aromatic heterocycles. The second kappa shape index (κ2) is 4.81. The lowest BCUT2D eigenvalue weighted by molar-refractivity contribution is -0.131. The molecule has 3 nitrogen and oxygen atoms in total. The first-order valence-corrected chi connectivity index (χ1v) is 5.12. The number of hydrogen-bond donors (Lipinski definition) is 1. The SMILES string of the molecule is CC(C)Oc1ccsc1/C=C/C(=O)O. The highest BCUT2D eigenvalue weighted by molar-refractivity contribution is 7.11.